The van der Waals surface area contributed by atoms with E-state index in [0.29, 0.717) is 35.5 Å². The predicted molar refractivity (Wildman–Crippen MR) is 113 cm³/mol. The molecule has 0 saturated carbocycles. The number of hydrogen-bond donors (Lipinski definition) is 1. The monoisotopic (exact) mass is 415 g/mol. The quantitative estimate of drug-likeness (QED) is 0.813. The highest BCUT2D eigenvalue weighted by atomic mass is 32.2. The predicted octanol–water partition coefficient (Wildman–Crippen LogP) is 2.93. The van der Waals surface area contributed by atoms with Crippen LogP contribution >= 0.6 is 0 Å². The number of carbonyl (C=O) groups excluding carboxylic acids is 2. The lowest BCUT2D eigenvalue weighted by Gasteiger charge is -2.20. The number of nitrogens with zero attached hydrogens (tertiary/aromatic N) is 2. The second-order valence-electron chi connectivity index (χ2n) is 7.32. The van der Waals surface area contributed by atoms with Crippen LogP contribution in [0.15, 0.2) is 41.3 Å². The summed E-state index contributed by atoms with van der Waals surface area (Å²) in [5.41, 5.74) is 2.73. The van der Waals surface area contributed by atoms with Crippen molar-refractivity contribution in [2.24, 2.45) is 0 Å². The van der Waals surface area contributed by atoms with Crippen molar-refractivity contribution in [3.05, 3.63) is 53.1 Å². The molecule has 0 spiro atoms. The van der Waals surface area contributed by atoms with E-state index in [1.807, 2.05) is 6.07 Å². The van der Waals surface area contributed by atoms with Gasteiger partial charge in [0.05, 0.1) is 16.3 Å². The summed E-state index contributed by atoms with van der Waals surface area (Å²) in [6.07, 6.45) is 1.27. The van der Waals surface area contributed by atoms with Gasteiger partial charge in [-0.05, 0) is 55.7 Å². The number of amides is 2. The number of carbonyl (C=O) groups is 2. The first-order chi connectivity index (χ1) is 13.6. The van der Waals surface area contributed by atoms with Crippen molar-refractivity contribution in [1.82, 2.24) is 4.31 Å². The Morgan fingerprint density at radius 1 is 1.14 bits per heavy atom. The van der Waals surface area contributed by atoms with Crippen molar-refractivity contribution in [2.45, 2.75) is 31.6 Å². The fourth-order valence-electron chi connectivity index (χ4n) is 3.33. The molecule has 1 aliphatic heterocycles. The van der Waals surface area contributed by atoms with Crippen molar-refractivity contribution < 1.29 is 18.0 Å². The van der Waals surface area contributed by atoms with E-state index in [1.54, 1.807) is 43.0 Å². The minimum Gasteiger partial charge on any atom is -0.320 e. The molecule has 154 valence electrons. The van der Waals surface area contributed by atoms with Crippen LogP contribution in [0, 0.1) is 13.8 Å². The van der Waals surface area contributed by atoms with Crippen LogP contribution in [0.2, 0.25) is 0 Å². The molecule has 0 aliphatic carbocycles. The average molecular weight is 416 g/mol. The van der Waals surface area contributed by atoms with Crippen molar-refractivity contribution in [2.75, 3.05) is 30.9 Å². The van der Waals surface area contributed by atoms with Crippen LogP contribution in [0.5, 0.6) is 0 Å². The highest BCUT2D eigenvalue weighted by molar-refractivity contribution is 7.89. The second-order valence-corrected chi connectivity index (χ2v) is 9.44. The maximum absolute atomic E-state index is 13.0. The van der Waals surface area contributed by atoms with Gasteiger partial charge in [0.25, 0.3) is 5.91 Å². The van der Waals surface area contributed by atoms with Crippen LogP contribution in [-0.2, 0) is 14.8 Å². The van der Waals surface area contributed by atoms with Gasteiger partial charge >= 0.3 is 0 Å². The molecule has 1 heterocycles. The van der Waals surface area contributed by atoms with E-state index < -0.39 is 15.9 Å². The summed E-state index contributed by atoms with van der Waals surface area (Å²) in [6.45, 7) is 4.11. The summed E-state index contributed by atoms with van der Waals surface area (Å²) >= 11 is 0. The third kappa shape index (κ3) is 4.04. The molecule has 0 aromatic heterocycles. The number of benzene rings is 2. The minimum absolute atomic E-state index is 0.0252. The summed E-state index contributed by atoms with van der Waals surface area (Å²) < 4.78 is 26.4. The van der Waals surface area contributed by atoms with E-state index in [2.05, 4.69) is 5.32 Å². The molecular formula is C21H25N3O4S. The summed E-state index contributed by atoms with van der Waals surface area (Å²) in [4.78, 5) is 26.8. The average Bonchev–Trinajstić information content (AvgIpc) is 3.09. The second kappa shape index (κ2) is 7.96. The van der Waals surface area contributed by atoms with Crippen LogP contribution in [0.1, 0.15) is 34.3 Å². The summed E-state index contributed by atoms with van der Waals surface area (Å²) in [6, 6.07) is 10.2. The van der Waals surface area contributed by atoms with Crippen molar-refractivity contribution in [3.63, 3.8) is 0 Å². The van der Waals surface area contributed by atoms with Crippen LogP contribution in [-0.4, -0.2) is 45.2 Å². The van der Waals surface area contributed by atoms with Gasteiger partial charge in [0, 0.05) is 32.6 Å². The Morgan fingerprint density at radius 2 is 1.83 bits per heavy atom. The molecule has 2 aromatic carbocycles. The minimum atomic E-state index is -3.69. The molecular weight excluding hydrogens is 390 g/mol. The molecule has 0 radical (unpaired) electrons. The molecule has 29 heavy (non-hydrogen) atoms. The zero-order valence-corrected chi connectivity index (χ0v) is 17.8. The largest absolute Gasteiger partial charge is 0.320 e. The zero-order chi connectivity index (χ0) is 21.3. The van der Waals surface area contributed by atoms with Gasteiger partial charge in [-0.2, -0.15) is 0 Å². The van der Waals surface area contributed by atoms with Crippen molar-refractivity contribution >= 4 is 33.2 Å². The number of sulfonamides is 1. The maximum Gasteiger partial charge on any atom is 0.255 e. The van der Waals surface area contributed by atoms with Gasteiger partial charge in [0.15, 0.2) is 0 Å². The van der Waals surface area contributed by atoms with Gasteiger partial charge in [-0.1, -0.05) is 12.1 Å². The standard InChI is InChI=1S/C21H25N3O4S/c1-14-12-16(13-19(15(14)2)29(27,28)23(3)4)21(26)22-17-8-5-6-9-18(17)24-11-7-10-20(24)25/h5-6,8-9,12-13H,7,10-11H2,1-4H3,(H,22,26). The number of para-hydroxylation sites is 2. The Morgan fingerprint density at radius 3 is 2.45 bits per heavy atom. The first-order valence-corrected chi connectivity index (χ1v) is 10.8. The Hall–Kier alpha value is -2.71. The fourth-order valence-corrected chi connectivity index (χ4v) is 4.55. The van der Waals surface area contributed by atoms with Gasteiger partial charge in [-0.3, -0.25) is 9.59 Å². The summed E-state index contributed by atoms with van der Waals surface area (Å²) in [5, 5.41) is 2.84. The van der Waals surface area contributed by atoms with E-state index in [1.165, 1.54) is 20.2 Å². The van der Waals surface area contributed by atoms with Gasteiger partial charge in [-0.25, -0.2) is 12.7 Å². The first kappa shape index (κ1) is 21.0. The zero-order valence-electron chi connectivity index (χ0n) is 17.0. The van der Waals surface area contributed by atoms with Gasteiger partial charge in [-0.15, -0.1) is 0 Å². The summed E-state index contributed by atoms with van der Waals surface area (Å²) in [7, 11) is -0.770. The molecule has 0 bridgehead atoms. The molecule has 2 amide bonds. The third-order valence-electron chi connectivity index (χ3n) is 5.16. The van der Waals surface area contributed by atoms with Gasteiger partial charge < -0.3 is 10.2 Å². The smallest absolute Gasteiger partial charge is 0.255 e. The lowest BCUT2D eigenvalue weighted by Crippen LogP contribution is -2.26. The Bertz CT molecular complexity index is 1080. The molecule has 3 rings (SSSR count). The Labute approximate surface area is 171 Å². The molecule has 1 N–H and O–H groups in total. The SMILES string of the molecule is Cc1cc(C(=O)Nc2ccccc2N2CCCC2=O)cc(S(=O)(=O)N(C)C)c1C. The number of rotatable bonds is 5. The Balaban J connectivity index is 1.97. The van der Waals surface area contributed by atoms with Crippen molar-refractivity contribution in [3.8, 4) is 0 Å². The van der Waals surface area contributed by atoms with Crippen LogP contribution < -0.4 is 10.2 Å². The molecule has 8 heteroatoms. The number of aryl methyl sites for hydroxylation is 1. The van der Waals surface area contributed by atoms with Gasteiger partial charge in [0.1, 0.15) is 0 Å². The number of hydrogen-bond acceptors (Lipinski definition) is 4. The molecule has 0 unspecified atom stereocenters. The van der Waals surface area contributed by atoms with E-state index >= 15 is 0 Å². The van der Waals surface area contributed by atoms with Crippen LogP contribution in [0.3, 0.4) is 0 Å². The lowest BCUT2D eigenvalue weighted by molar-refractivity contribution is -0.117. The van der Waals surface area contributed by atoms with Crippen molar-refractivity contribution in [1.29, 1.82) is 0 Å². The highest BCUT2D eigenvalue weighted by Gasteiger charge is 2.26. The first-order valence-electron chi connectivity index (χ1n) is 9.37. The van der Waals surface area contributed by atoms with Crippen LogP contribution in [0.25, 0.3) is 0 Å². The summed E-state index contributed by atoms with van der Waals surface area (Å²) in [5.74, 6) is -0.403. The molecule has 1 saturated heterocycles. The molecule has 1 fully saturated rings. The van der Waals surface area contributed by atoms with E-state index in [9.17, 15) is 18.0 Å². The van der Waals surface area contributed by atoms with E-state index in [4.69, 9.17) is 0 Å². The molecule has 0 atom stereocenters. The number of anilines is 2. The molecule has 7 nitrogen and oxygen atoms in total. The lowest BCUT2D eigenvalue weighted by atomic mass is 10.1. The fraction of sp³-hybridized carbons (Fsp3) is 0.333. The normalized spacial score (nSPS) is 14.5. The third-order valence-corrected chi connectivity index (χ3v) is 7.10. The Kier molecular flexibility index (Phi) is 5.77. The number of nitrogens with one attached hydrogen (secondary N) is 1. The van der Waals surface area contributed by atoms with E-state index in [0.717, 1.165) is 10.7 Å². The van der Waals surface area contributed by atoms with E-state index in [-0.39, 0.29) is 16.4 Å². The molecule has 2 aromatic rings. The van der Waals surface area contributed by atoms with Gasteiger partial charge in [0.2, 0.25) is 15.9 Å². The molecule has 1 aliphatic rings. The highest BCUT2D eigenvalue weighted by Crippen LogP contribution is 2.30. The topological polar surface area (TPSA) is 86.8 Å². The van der Waals surface area contributed by atoms with Crippen LogP contribution in [0.4, 0.5) is 11.4 Å². The maximum atomic E-state index is 13.0.